The van der Waals surface area contributed by atoms with Gasteiger partial charge in [-0.25, -0.2) is 0 Å². The van der Waals surface area contributed by atoms with Crippen LogP contribution in [0, 0.1) is 11.8 Å². The molecule has 2 aliphatic carbocycles. The molecule has 4 rings (SSSR count). The van der Waals surface area contributed by atoms with E-state index < -0.39 is 0 Å². The van der Waals surface area contributed by atoms with Crippen molar-refractivity contribution in [1.82, 2.24) is 0 Å². The van der Waals surface area contributed by atoms with Crippen molar-refractivity contribution >= 4 is 0 Å². The van der Waals surface area contributed by atoms with Crippen molar-refractivity contribution in [2.75, 3.05) is 0 Å². The predicted octanol–water partition coefficient (Wildman–Crippen LogP) is 10.6. The van der Waals surface area contributed by atoms with Crippen molar-refractivity contribution in [3.63, 3.8) is 0 Å². The van der Waals surface area contributed by atoms with Gasteiger partial charge in [0.15, 0.2) is 0 Å². The fourth-order valence-electron chi connectivity index (χ4n) is 4.45. The molecule has 2 saturated carbocycles. The molecule has 2 aliphatic rings. The minimum absolute atomic E-state index is 0.659. The molecule has 0 nitrogen and oxygen atoms in total. The van der Waals surface area contributed by atoms with Crippen LogP contribution in [0.25, 0.3) is 0 Å². The molecule has 32 heavy (non-hydrogen) atoms. The molecule has 2 aromatic rings. The lowest BCUT2D eigenvalue weighted by Gasteiger charge is -2.18. The minimum Gasteiger partial charge on any atom is -0.0651 e. The van der Waals surface area contributed by atoms with Gasteiger partial charge >= 0.3 is 0 Å². The number of benzene rings is 2. The molecule has 0 heterocycles. The van der Waals surface area contributed by atoms with Gasteiger partial charge in [-0.2, -0.15) is 0 Å². The molecule has 0 aromatic heterocycles. The highest BCUT2D eigenvalue weighted by molar-refractivity contribution is 5.17. The van der Waals surface area contributed by atoms with E-state index in [9.17, 15) is 0 Å². The van der Waals surface area contributed by atoms with Crippen LogP contribution in [-0.2, 0) is 6.42 Å². The molecule has 0 amide bonds. The number of hydrogen-bond acceptors (Lipinski definition) is 0. The zero-order valence-corrected chi connectivity index (χ0v) is 22.0. The van der Waals surface area contributed by atoms with Crippen molar-refractivity contribution in [1.29, 1.82) is 0 Å². The number of aryl methyl sites for hydroxylation is 1. The zero-order chi connectivity index (χ0) is 23.4. The smallest absolute Gasteiger partial charge is 0.0219 e. The molecular weight excluding hydrogens is 384 g/mol. The molecule has 0 bridgehead atoms. The maximum atomic E-state index is 2.36. The third kappa shape index (κ3) is 14.5. The van der Waals surface area contributed by atoms with E-state index in [1.165, 1.54) is 81.8 Å². The first-order valence-corrected chi connectivity index (χ1v) is 13.7. The van der Waals surface area contributed by atoms with Crippen LogP contribution in [0.4, 0.5) is 0 Å². The van der Waals surface area contributed by atoms with Gasteiger partial charge in [0.1, 0.15) is 0 Å². The molecule has 2 fully saturated rings. The second-order valence-electron chi connectivity index (χ2n) is 10.1. The van der Waals surface area contributed by atoms with Crippen LogP contribution < -0.4 is 0 Å². The van der Waals surface area contributed by atoms with Crippen molar-refractivity contribution in [2.24, 2.45) is 11.8 Å². The molecule has 0 spiro atoms. The average molecular weight is 437 g/mol. The van der Waals surface area contributed by atoms with Gasteiger partial charge in [-0.05, 0) is 35.3 Å². The van der Waals surface area contributed by atoms with E-state index in [-0.39, 0.29) is 0 Å². The van der Waals surface area contributed by atoms with Crippen LogP contribution in [-0.4, -0.2) is 0 Å². The fourth-order valence-corrected chi connectivity index (χ4v) is 4.45. The highest BCUT2D eigenvalue weighted by Crippen LogP contribution is 2.25. The van der Waals surface area contributed by atoms with Gasteiger partial charge in [0.25, 0.3) is 0 Å². The van der Waals surface area contributed by atoms with Gasteiger partial charge in [0.05, 0.1) is 0 Å². The summed E-state index contributed by atoms with van der Waals surface area (Å²) in [5, 5.41) is 0. The molecular formula is C32H52. The summed E-state index contributed by atoms with van der Waals surface area (Å²) in [5.74, 6) is 2.78. The maximum absolute atomic E-state index is 2.36. The highest BCUT2D eigenvalue weighted by Gasteiger charge is 2.09. The van der Waals surface area contributed by atoms with Gasteiger partial charge in [-0.1, -0.05) is 166 Å². The normalized spacial score (nSPS) is 16.6. The van der Waals surface area contributed by atoms with Crippen LogP contribution in [0.5, 0.6) is 0 Å². The molecule has 0 unspecified atom stereocenters. The Morgan fingerprint density at radius 3 is 1.41 bits per heavy atom. The van der Waals surface area contributed by atoms with Crippen LogP contribution in [0.2, 0.25) is 0 Å². The average Bonchev–Trinajstić information content (AvgIpc) is 2.87. The first kappa shape index (κ1) is 28.5. The molecule has 180 valence electrons. The van der Waals surface area contributed by atoms with Gasteiger partial charge in [0.2, 0.25) is 0 Å². The van der Waals surface area contributed by atoms with Crippen molar-refractivity contribution in [3.05, 3.63) is 71.8 Å². The fraction of sp³-hybridized carbons (Fsp3) is 0.625. The van der Waals surface area contributed by atoms with Crippen molar-refractivity contribution < 1.29 is 0 Å². The van der Waals surface area contributed by atoms with Crippen molar-refractivity contribution in [2.45, 2.75) is 118 Å². The predicted molar refractivity (Wildman–Crippen MR) is 145 cm³/mol. The topological polar surface area (TPSA) is 0 Å². The third-order valence-corrected chi connectivity index (χ3v) is 6.91. The molecule has 0 radical (unpaired) electrons. The summed E-state index contributed by atoms with van der Waals surface area (Å²) in [6, 6.07) is 21.0. The van der Waals surface area contributed by atoms with E-state index >= 15 is 0 Å². The van der Waals surface area contributed by atoms with Gasteiger partial charge in [0, 0.05) is 0 Å². The Hall–Kier alpha value is -1.56. The lowest BCUT2D eigenvalue weighted by molar-refractivity contribution is 0.349. The molecule has 0 atom stereocenters. The minimum atomic E-state index is 0.659. The quantitative estimate of drug-likeness (QED) is 0.448. The molecule has 2 aromatic carbocycles. The Morgan fingerprint density at radius 2 is 1.12 bits per heavy atom. The Morgan fingerprint density at radius 1 is 0.656 bits per heavy atom. The van der Waals surface area contributed by atoms with E-state index in [0.717, 1.165) is 18.3 Å². The third-order valence-electron chi connectivity index (χ3n) is 6.91. The largest absolute Gasteiger partial charge is 0.0651 e. The van der Waals surface area contributed by atoms with E-state index in [0.29, 0.717) is 5.92 Å². The summed E-state index contributed by atoms with van der Waals surface area (Å²) in [6.45, 7) is 11.2. The van der Waals surface area contributed by atoms with Crippen molar-refractivity contribution in [3.8, 4) is 0 Å². The zero-order valence-electron chi connectivity index (χ0n) is 22.0. The maximum Gasteiger partial charge on any atom is -0.0219 e. The first-order chi connectivity index (χ1) is 15.6. The van der Waals surface area contributed by atoms with E-state index in [1.807, 2.05) is 12.1 Å². The Kier molecular flexibility index (Phi) is 16.9. The van der Waals surface area contributed by atoms with E-state index in [1.54, 1.807) is 0 Å². The second-order valence-corrected chi connectivity index (χ2v) is 10.1. The standard InChI is InChI=1S/C9H12.C8H16.C8H10.C7H14/c1-8(2)9-6-4-3-5-7-9;2*1-2-8-6-4-3-5-7-8;1-7-5-3-2-4-6-7/h3-8H,1-2H3;8H,2-7H2,1H3;3-7H,2H2,1H3;7H,2-6H2,1H3. The first-order valence-electron chi connectivity index (χ1n) is 13.7. The molecule has 0 aliphatic heterocycles. The van der Waals surface area contributed by atoms with Crippen LogP contribution >= 0.6 is 0 Å². The summed E-state index contributed by atoms with van der Waals surface area (Å²) < 4.78 is 0. The molecule has 0 heteroatoms. The van der Waals surface area contributed by atoms with E-state index in [2.05, 4.69) is 83.1 Å². The number of hydrogen-bond donors (Lipinski definition) is 0. The summed E-state index contributed by atoms with van der Waals surface area (Å²) >= 11 is 0. The number of rotatable bonds is 3. The SMILES string of the molecule is CC(C)c1ccccc1.CC1CCCCC1.CCC1CCCCC1.CCc1ccccc1. The Bertz CT molecular complexity index is 616. The van der Waals surface area contributed by atoms with Gasteiger partial charge in [-0.15, -0.1) is 0 Å². The van der Waals surface area contributed by atoms with E-state index in [4.69, 9.17) is 0 Å². The Balaban J connectivity index is 0.000000214. The summed E-state index contributed by atoms with van der Waals surface area (Å²) in [7, 11) is 0. The van der Waals surface area contributed by atoms with Crippen LogP contribution in [0.1, 0.15) is 122 Å². The molecule has 0 saturated heterocycles. The summed E-state index contributed by atoms with van der Waals surface area (Å²) in [6.07, 6.45) is 17.5. The van der Waals surface area contributed by atoms with Gasteiger partial charge in [-0.3, -0.25) is 0 Å². The Labute approximate surface area is 201 Å². The van der Waals surface area contributed by atoms with Gasteiger partial charge < -0.3 is 0 Å². The summed E-state index contributed by atoms with van der Waals surface area (Å²) in [4.78, 5) is 0. The van der Waals surface area contributed by atoms with Crippen LogP contribution in [0.15, 0.2) is 60.7 Å². The lowest BCUT2D eigenvalue weighted by Crippen LogP contribution is -2.03. The summed E-state index contributed by atoms with van der Waals surface area (Å²) in [5.41, 5.74) is 2.82. The lowest BCUT2D eigenvalue weighted by atomic mass is 9.88. The second kappa shape index (κ2) is 19.0. The molecule has 0 N–H and O–H groups in total. The highest BCUT2D eigenvalue weighted by atomic mass is 14.2. The van der Waals surface area contributed by atoms with Crippen LogP contribution in [0.3, 0.4) is 0 Å². The monoisotopic (exact) mass is 436 g/mol.